The first kappa shape index (κ1) is 9.25. The molecule has 0 saturated carbocycles. The Labute approximate surface area is 73.3 Å². The summed E-state index contributed by atoms with van der Waals surface area (Å²) in [4.78, 5) is 31.9. The second kappa shape index (κ2) is 3.71. The van der Waals surface area contributed by atoms with Crippen molar-refractivity contribution in [2.75, 3.05) is 5.75 Å². The van der Waals surface area contributed by atoms with E-state index in [1.54, 1.807) is 0 Å². The Morgan fingerprint density at radius 3 is 2.67 bits per heavy atom. The van der Waals surface area contributed by atoms with Crippen molar-refractivity contribution in [2.45, 2.75) is 12.8 Å². The minimum Gasteiger partial charge on any atom is -0.475 e. The third kappa shape index (κ3) is 2.07. The Bertz CT molecular complexity index is 236. The van der Waals surface area contributed by atoms with Crippen LogP contribution in [0.3, 0.4) is 0 Å². The van der Waals surface area contributed by atoms with E-state index in [4.69, 9.17) is 5.11 Å². The lowest BCUT2D eigenvalue weighted by Gasteiger charge is -2.16. The molecule has 1 fully saturated rings. The SMILES string of the molecule is O=C1CC(C(=O)C(=O)O)CCS1. The highest BCUT2D eigenvalue weighted by atomic mass is 32.2. The van der Waals surface area contributed by atoms with Gasteiger partial charge in [-0.2, -0.15) is 0 Å². The van der Waals surface area contributed by atoms with Crippen LogP contribution in [-0.4, -0.2) is 27.7 Å². The maximum absolute atomic E-state index is 10.9. The number of rotatable bonds is 2. The standard InChI is InChI=1S/C7H8O4S/c8-5-3-4(1-2-12-5)6(9)7(10)11/h4H,1-3H2,(H,10,11). The number of ketones is 1. The van der Waals surface area contributed by atoms with Crippen molar-refractivity contribution in [1.82, 2.24) is 0 Å². The number of hydrogen-bond donors (Lipinski definition) is 1. The van der Waals surface area contributed by atoms with E-state index in [-0.39, 0.29) is 11.5 Å². The van der Waals surface area contributed by atoms with Gasteiger partial charge in [0.05, 0.1) is 0 Å². The van der Waals surface area contributed by atoms with Crippen LogP contribution in [0, 0.1) is 5.92 Å². The molecule has 1 saturated heterocycles. The molecular formula is C7H8O4S. The molecule has 0 aromatic heterocycles. The van der Waals surface area contributed by atoms with Crippen LogP contribution in [0.25, 0.3) is 0 Å². The molecule has 1 rings (SSSR count). The molecule has 0 aliphatic carbocycles. The van der Waals surface area contributed by atoms with Crippen LogP contribution in [0.15, 0.2) is 0 Å². The summed E-state index contributed by atoms with van der Waals surface area (Å²) in [6.07, 6.45) is 0.581. The molecule has 66 valence electrons. The lowest BCUT2D eigenvalue weighted by molar-refractivity contribution is -0.151. The normalized spacial score (nSPS) is 23.7. The molecule has 0 aromatic rings. The largest absolute Gasteiger partial charge is 0.475 e. The highest BCUT2D eigenvalue weighted by Crippen LogP contribution is 2.24. The van der Waals surface area contributed by atoms with Crippen LogP contribution in [0.5, 0.6) is 0 Å². The monoisotopic (exact) mass is 188 g/mol. The highest BCUT2D eigenvalue weighted by molar-refractivity contribution is 8.13. The summed E-state index contributed by atoms with van der Waals surface area (Å²) in [6, 6.07) is 0. The van der Waals surface area contributed by atoms with Gasteiger partial charge in [0, 0.05) is 18.1 Å². The van der Waals surface area contributed by atoms with Crippen LogP contribution < -0.4 is 0 Å². The van der Waals surface area contributed by atoms with Crippen molar-refractivity contribution in [2.24, 2.45) is 5.92 Å². The molecule has 0 bridgehead atoms. The van der Waals surface area contributed by atoms with Gasteiger partial charge in [0.2, 0.25) is 5.78 Å². The molecule has 12 heavy (non-hydrogen) atoms. The fourth-order valence-corrected chi connectivity index (χ4v) is 2.02. The van der Waals surface area contributed by atoms with E-state index >= 15 is 0 Å². The third-order valence-corrected chi connectivity index (χ3v) is 2.65. The predicted octanol–water partition coefficient (Wildman–Crippen LogP) is 0.310. The Hall–Kier alpha value is -0.840. The fourth-order valence-electron chi connectivity index (χ4n) is 1.08. The number of carbonyl (C=O) groups excluding carboxylic acids is 2. The van der Waals surface area contributed by atoms with Crippen LogP contribution in [0.2, 0.25) is 0 Å². The van der Waals surface area contributed by atoms with E-state index in [2.05, 4.69) is 0 Å². The van der Waals surface area contributed by atoms with Gasteiger partial charge in [0.1, 0.15) is 0 Å². The van der Waals surface area contributed by atoms with Gasteiger partial charge in [-0.05, 0) is 6.42 Å². The molecule has 1 unspecified atom stereocenters. The number of Topliss-reactive ketones (excluding diaryl/α,β-unsaturated/α-hetero) is 1. The minimum absolute atomic E-state index is 0.0792. The molecule has 1 aliphatic heterocycles. The second-order valence-electron chi connectivity index (χ2n) is 2.58. The van der Waals surface area contributed by atoms with Gasteiger partial charge in [-0.3, -0.25) is 9.59 Å². The average molecular weight is 188 g/mol. The molecule has 1 heterocycles. The molecule has 0 radical (unpaired) electrons. The third-order valence-electron chi connectivity index (χ3n) is 1.72. The lowest BCUT2D eigenvalue weighted by Crippen LogP contribution is -2.28. The second-order valence-corrected chi connectivity index (χ2v) is 3.73. The van der Waals surface area contributed by atoms with Gasteiger partial charge < -0.3 is 5.11 Å². The molecule has 5 heteroatoms. The van der Waals surface area contributed by atoms with E-state index in [1.807, 2.05) is 0 Å². The van der Waals surface area contributed by atoms with Crippen molar-refractivity contribution in [1.29, 1.82) is 0 Å². The highest BCUT2D eigenvalue weighted by Gasteiger charge is 2.29. The van der Waals surface area contributed by atoms with Gasteiger partial charge in [-0.25, -0.2) is 4.79 Å². The Morgan fingerprint density at radius 1 is 1.50 bits per heavy atom. The molecule has 1 N–H and O–H groups in total. The molecule has 0 amide bonds. The number of thioether (sulfide) groups is 1. The van der Waals surface area contributed by atoms with E-state index < -0.39 is 17.7 Å². The zero-order valence-electron chi connectivity index (χ0n) is 6.28. The van der Waals surface area contributed by atoms with E-state index in [1.165, 1.54) is 11.8 Å². The van der Waals surface area contributed by atoms with Crippen molar-refractivity contribution in [3.05, 3.63) is 0 Å². The van der Waals surface area contributed by atoms with Gasteiger partial charge in [-0.15, -0.1) is 0 Å². The summed E-state index contributed by atoms with van der Waals surface area (Å²) in [5.74, 6) is -2.29. The summed E-state index contributed by atoms with van der Waals surface area (Å²) in [5.41, 5.74) is 0. The van der Waals surface area contributed by atoms with Crippen LogP contribution in [-0.2, 0) is 14.4 Å². The quantitative estimate of drug-likeness (QED) is 0.631. The lowest BCUT2D eigenvalue weighted by atomic mass is 9.97. The predicted molar refractivity (Wildman–Crippen MR) is 42.8 cm³/mol. The van der Waals surface area contributed by atoms with Gasteiger partial charge in [-0.1, -0.05) is 11.8 Å². The molecule has 0 aromatic carbocycles. The first-order valence-electron chi connectivity index (χ1n) is 3.54. The topological polar surface area (TPSA) is 71.4 Å². The van der Waals surface area contributed by atoms with Crippen molar-refractivity contribution < 1.29 is 19.5 Å². The van der Waals surface area contributed by atoms with E-state index in [0.29, 0.717) is 12.2 Å². The maximum Gasteiger partial charge on any atom is 0.372 e. The Kier molecular flexibility index (Phi) is 2.86. The molecule has 1 atom stereocenters. The number of carboxylic acid groups (broad SMARTS) is 1. The van der Waals surface area contributed by atoms with Crippen molar-refractivity contribution >= 4 is 28.6 Å². The molecular weight excluding hydrogens is 180 g/mol. The number of carbonyl (C=O) groups is 3. The van der Waals surface area contributed by atoms with Crippen LogP contribution >= 0.6 is 11.8 Å². The van der Waals surface area contributed by atoms with Crippen LogP contribution in [0.4, 0.5) is 0 Å². The number of carboxylic acids is 1. The van der Waals surface area contributed by atoms with Gasteiger partial charge in [0.25, 0.3) is 0 Å². The minimum atomic E-state index is -1.43. The average Bonchev–Trinajstić information content (AvgIpc) is 2.03. The summed E-state index contributed by atoms with van der Waals surface area (Å²) in [7, 11) is 0. The van der Waals surface area contributed by atoms with Gasteiger partial charge in [0.15, 0.2) is 5.12 Å². The van der Waals surface area contributed by atoms with E-state index in [9.17, 15) is 14.4 Å². The first-order valence-corrected chi connectivity index (χ1v) is 4.52. The molecule has 1 aliphatic rings. The number of aliphatic carboxylic acids is 1. The van der Waals surface area contributed by atoms with Gasteiger partial charge >= 0.3 is 5.97 Å². The van der Waals surface area contributed by atoms with Crippen LogP contribution in [0.1, 0.15) is 12.8 Å². The Morgan fingerprint density at radius 2 is 2.17 bits per heavy atom. The van der Waals surface area contributed by atoms with Crippen molar-refractivity contribution in [3.8, 4) is 0 Å². The summed E-state index contributed by atoms with van der Waals surface area (Å²) < 4.78 is 0. The van der Waals surface area contributed by atoms with E-state index in [0.717, 1.165) is 0 Å². The molecule has 4 nitrogen and oxygen atoms in total. The Balaban J connectivity index is 2.57. The number of hydrogen-bond acceptors (Lipinski definition) is 4. The maximum atomic E-state index is 10.9. The summed E-state index contributed by atoms with van der Waals surface area (Å²) in [5, 5.41) is 8.27. The first-order chi connectivity index (χ1) is 5.61. The smallest absolute Gasteiger partial charge is 0.372 e. The zero-order valence-corrected chi connectivity index (χ0v) is 7.10. The zero-order chi connectivity index (χ0) is 9.14. The molecule has 0 spiro atoms. The fraction of sp³-hybridized carbons (Fsp3) is 0.571. The summed E-state index contributed by atoms with van der Waals surface area (Å²) in [6.45, 7) is 0. The summed E-state index contributed by atoms with van der Waals surface area (Å²) >= 11 is 1.17. The van der Waals surface area contributed by atoms with Crippen molar-refractivity contribution in [3.63, 3.8) is 0 Å².